The number of hydrogen-bond acceptors (Lipinski definition) is 0. The van der Waals surface area contributed by atoms with Gasteiger partial charge in [-0.3, -0.25) is 0 Å². The van der Waals surface area contributed by atoms with Gasteiger partial charge in [0, 0.05) is 36.4 Å². The predicted molar refractivity (Wildman–Crippen MR) is 283 cm³/mol. The topological polar surface area (TPSA) is 0 Å². The fraction of sp³-hybridized carbons (Fsp3) is 0.0476. The Balaban J connectivity index is 1.08. The second kappa shape index (κ2) is 17.9. The first-order valence-electron chi connectivity index (χ1n) is 22.8. The molecule has 0 atom stereocenters. The lowest BCUT2D eigenvalue weighted by atomic mass is 9.92. The van der Waals surface area contributed by atoms with Crippen LogP contribution in [0.15, 0.2) is 273 Å². The lowest BCUT2D eigenvalue weighted by Gasteiger charge is -2.33. The molecule has 0 heterocycles. The first-order chi connectivity index (χ1) is 32.3. The maximum absolute atomic E-state index is 2.35. The summed E-state index contributed by atoms with van der Waals surface area (Å²) in [4.78, 5) is 0. The molecule has 0 spiro atoms. The van der Waals surface area contributed by atoms with Crippen LogP contribution in [0.1, 0.15) is 0 Å². The lowest BCUT2D eigenvalue weighted by Crippen LogP contribution is -2.33. The maximum Gasteiger partial charge on any atom is 0.142 e. The number of rotatable bonds is 12. The number of hydrogen-bond donors (Lipinski definition) is 0. The SMILES string of the molecule is C[N+](c1ccccc1)(c1ccccc1)c1ccc(-c2cc(-c3ccc([N+](C)(c4ccccc4)c4ccccc4)cc3)cc(-c3ccc([N+](C)(c4ccccc4)c4ccccc4)cc3)c2)cc1. The van der Waals surface area contributed by atoms with Crippen molar-refractivity contribution in [1.82, 2.24) is 13.4 Å². The highest BCUT2D eigenvalue weighted by Crippen LogP contribution is 2.46. The summed E-state index contributed by atoms with van der Waals surface area (Å²) in [5.41, 5.74) is 17.8. The predicted octanol–water partition coefficient (Wildman–Crippen LogP) is 17.5. The Labute approximate surface area is 390 Å². The molecule has 10 aromatic carbocycles. The van der Waals surface area contributed by atoms with Gasteiger partial charge in [0.15, 0.2) is 0 Å². The molecule has 0 amide bonds. The number of para-hydroxylation sites is 6. The Kier molecular flexibility index (Phi) is 11.4. The van der Waals surface area contributed by atoms with Gasteiger partial charge < -0.3 is 0 Å². The van der Waals surface area contributed by atoms with Gasteiger partial charge in [-0.1, -0.05) is 109 Å². The highest BCUT2D eigenvalue weighted by Gasteiger charge is 2.34. The van der Waals surface area contributed by atoms with Crippen molar-refractivity contribution in [2.24, 2.45) is 0 Å². The first kappa shape index (κ1) is 42.1. The molecule has 0 aromatic heterocycles. The van der Waals surface area contributed by atoms with Crippen LogP contribution in [0.2, 0.25) is 0 Å². The van der Waals surface area contributed by atoms with Gasteiger partial charge in [-0.15, -0.1) is 0 Å². The Bertz CT molecular complexity index is 2680. The third kappa shape index (κ3) is 7.76. The zero-order valence-corrected chi connectivity index (χ0v) is 37.8. The number of nitrogens with zero attached hydrogens (tertiary/aromatic N) is 3. The lowest BCUT2D eigenvalue weighted by molar-refractivity contribution is 0.627. The summed E-state index contributed by atoms with van der Waals surface area (Å²) in [6.45, 7) is 0. The molecule has 0 saturated carbocycles. The summed E-state index contributed by atoms with van der Waals surface area (Å²) in [6.07, 6.45) is 0. The van der Waals surface area contributed by atoms with Crippen LogP contribution in [0.5, 0.6) is 0 Å². The van der Waals surface area contributed by atoms with Crippen LogP contribution in [-0.4, -0.2) is 21.1 Å². The van der Waals surface area contributed by atoms with Crippen molar-refractivity contribution in [1.29, 1.82) is 0 Å². The minimum atomic E-state index is 0.554. The Morgan fingerprint density at radius 3 is 0.485 bits per heavy atom. The molecule has 0 unspecified atom stereocenters. The van der Waals surface area contributed by atoms with E-state index in [1.807, 2.05) is 0 Å². The third-order valence-electron chi connectivity index (χ3n) is 13.7. The minimum absolute atomic E-state index is 0.554. The van der Waals surface area contributed by atoms with E-state index in [0.717, 1.165) is 16.7 Å². The van der Waals surface area contributed by atoms with E-state index < -0.39 is 0 Å². The summed E-state index contributed by atoms with van der Waals surface area (Å²) < 4.78 is 1.66. The average molecular weight is 853 g/mol. The molecular formula is C63H54N3+3. The zero-order valence-electron chi connectivity index (χ0n) is 37.8. The van der Waals surface area contributed by atoms with Crippen molar-refractivity contribution in [3.8, 4) is 33.4 Å². The monoisotopic (exact) mass is 852 g/mol. The molecule has 0 radical (unpaired) electrons. The molecule has 0 aliphatic rings. The van der Waals surface area contributed by atoms with Crippen molar-refractivity contribution in [3.63, 3.8) is 0 Å². The molecule has 10 aromatic rings. The molecule has 3 nitrogen and oxygen atoms in total. The quantitative estimate of drug-likeness (QED) is 0.107. The summed E-state index contributed by atoms with van der Waals surface area (Å²) in [7, 11) is 6.85. The van der Waals surface area contributed by atoms with Gasteiger partial charge >= 0.3 is 0 Å². The van der Waals surface area contributed by atoms with E-state index in [4.69, 9.17) is 0 Å². The van der Waals surface area contributed by atoms with Crippen molar-refractivity contribution < 1.29 is 0 Å². The highest BCUT2D eigenvalue weighted by molar-refractivity contribution is 5.84. The van der Waals surface area contributed by atoms with E-state index in [1.54, 1.807) is 0 Å². The Morgan fingerprint density at radius 1 is 0.167 bits per heavy atom. The molecule has 10 rings (SSSR count). The fourth-order valence-corrected chi connectivity index (χ4v) is 9.68. The van der Waals surface area contributed by atoms with E-state index in [2.05, 4.69) is 294 Å². The zero-order chi connectivity index (χ0) is 45.0. The average Bonchev–Trinajstić information content (AvgIpc) is 3.41. The van der Waals surface area contributed by atoms with Crippen LogP contribution >= 0.6 is 0 Å². The van der Waals surface area contributed by atoms with Crippen molar-refractivity contribution in [3.05, 3.63) is 273 Å². The second-order valence-electron chi connectivity index (χ2n) is 17.5. The third-order valence-corrected chi connectivity index (χ3v) is 13.7. The normalized spacial score (nSPS) is 11.9. The van der Waals surface area contributed by atoms with Crippen LogP contribution in [0.4, 0.5) is 51.2 Å². The van der Waals surface area contributed by atoms with E-state index >= 15 is 0 Å². The second-order valence-corrected chi connectivity index (χ2v) is 17.5. The molecule has 0 bridgehead atoms. The van der Waals surface area contributed by atoms with Gasteiger partial charge in [0.2, 0.25) is 0 Å². The molecule has 0 fully saturated rings. The molecule has 0 aliphatic carbocycles. The number of benzene rings is 10. The largest absolute Gasteiger partial charge is 0.229 e. The fourth-order valence-electron chi connectivity index (χ4n) is 9.68. The summed E-state index contributed by atoms with van der Waals surface area (Å²) in [5.74, 6) is 0. The van der Waals surface area contributed by atoms with Gasteiger partial charge in [-0.25, -0.2) is 13.4 Å². The molecule has 0 saturated heterocycles. The Hall–Kier alpha value is -7.92. The minimum Gasteiger partial charge on any atom is -0.229 e. The molecule has 0 N–H and O–H groups in total. The van der Waals surface area contributed by atoms with Gasteiger partial charge in [0.1, 0.15) is 51.2 Å². The molecule has 66 heavy (non-hydrogen) atoms. The Morgan fingerprint density at radius 2 is 0.318 bits per heavy atom. The van der Waals surface area contributed by atoms with Gasteiger partial charge in [0.05, 0.1) is 21.1 Å². The van der Waals surface area contributed by atoms with Crippen LogP contribution in [0.3, 0.4) is 0 Å². The maximum atomic E-state index is 2.35. The van der Waals surface area contributed by atoms with E-state index in [0.29, 0.717) is 13.4 Å². The van der Waals surface area contributed by atoms with Crippen molar-refractivity contribution in [2.45, 2.75) is 0 Å². The van der Waals surface area contributed by atoms with E-state index in [-0.39, 0.29) is 0 Å². The van der Waals surface area contributed by atoms with Crippen LogP contribution in [0, 0.1) is 0 Å². The molecule has 318 valence electrons. The standard InChI is InChI=1S/C63H54N3/c1-64(55-22-10-4-11-23-55,56-24-12-5-13-25-56)61-40-34-49(35-41-61)52-46-53(50-36-42-62(43-37-50)65(2,57-26-14-6-15-27-57)58-28-16-7-17-29-58)48-54(47-52)51-38-44-63(45-39-51)66(3,59-30-18-8-19-31-59)60-32-20-9-21-33-60/h4-48H,1-3H3/q+3. The molecule has 3 heteroatoms. The van der Waals surface area contributed by atoms with Crippen LogP contribution in [0.25, 0.3) is 33.4 Å². The van der Waals surface area contributed by atoms with Crippen LogP contribution < -0.4 is 13.4 Å². The number of quaternary nitrogens is 3. The van der Waals surface area contributed by atoms with Crippen molar-refractivity contribution >= 4 is 51.2 Å². The van der Waals surface area contributed by atoms with E-state index in [9.17, 15) is 0 Å². The highest BCUT2D eigenvalue weighted by atomic mass is 15.4. The van der Waals surface area contributed by atoms with E-state index in [1.165, 1.54) is 67.9 Å². The molecular weight excluding hydrogens is 799 g/mol. The smallest absolute Gasteiger partial charge is 0.142 e. The van der Waals surface area contributed by atoms with Gasteiger partial charge in [-0.2, -0.15) is 0 Å². The van der Waals surface area contributed by atoms with Crippen molar-refractivity contribution in [2.75, 3.05) is 21.1 Å². The summed E-state index contributed by atoms with van der Waals surface area (Å²) >= 11 is 0. The summed E-state index contributed by atoms with van der Waals surface area (Å²) in [6, 6.07) is 99.2. The van der Waals surface area contributed by atoms with Gasteiger partial charge in [0.25, 0.3) is 0 Å². The molecule has 0 aliphatic heterocycles. The van der Waals surface area contributed by atoms with Gasteiger partial charge in [-0.05, 0) is 161 Å². The first-order valence-corrected chi connectivity index (χ1v) is 22.8. The van der Waals surface area contributed by atoms with Crippen LogP contribution in [-0.2, 0) is 0 Å². The summed E-state index contributed by atoms with van der Waals surface area (Å²) in [5, 5.41) is 0.